The number of carbonyl (C=O) groups excluding carboxylic acids is 1. The quantitative estimate of drug-likeness (QED) is 0.775. The molecule has 4 heteroatoms. The number of hydrogen-bond acceptors (Lipinski definition) is 3. The molecule has 0 fully saturated rings. The fourth-order valence-corrected chi connectivity index (χ4v) is 3.18. The summed E-state index contributed by atoms with van der Waals surface area (Å²) in [5.74, 6) is 0.443. The number of carbonyl (C=O) groups is 1. The largest absolute Gasteiger partial charge is 0.497 e. The third-order valence-corrected chi connectivity index (χ3v) is 4.41. The highest BCUT2D eigenvalue weighted by molar-refractivity contribution is 6.31. The summed E-state index contributed by atoms with van der Waals surface area (Å²) < 4.78 is 5.28. The second-order valence-corrected chi connectivity index (χ2v) is 6.20. The van der Waals surface area contributed by atoms with Crippen molar-refractivity contribution in [2.45, 2.75) is 0 Å². The third kappa shape index (κ3) is 2.83. The Morgan fingerprint density at radius 1 is 0.960 bits per heavy atom. The summed E-state index contributed by atoms with van der Waals surface area (Å²) in [7, 11) is 1.55. The van der Waals surface area contributed by atoms with Gasteiger partial charge < -0.3 is 4.74 Å². The van der Waals surface area contributed by atoms with Crippen LogP contribution in [0, 0.1) is 0 Å². The number of rotatable bonds is 2. The zero-order valence-electron chi connectivity index (χ0n) is 13.5. The van der Waals surface area contributed by atoms with Crippen molar-refractivity contribution in [1.82, 2.24) is 0 Å². The molecule has 25 heavy (non-hydrogen) atoms. The van der Waals surface area contributed by atoms with Crippen molar-refractivity contribution in [3.63, 3.8) is 0 Å². The van der Waals surface area contributed by atoms with Crippen LogP contribution < -0.4 is 0 Å². The van der Waals surface area contributed by atoms with Crippen LogP contribution in [0.1, 0.15) is 11.1 Å². The molecule has 0 heterocycles. The molecular formula is C21H14ClNO2. The Hall–Kier alpha value is -2.91. The molecule has 3 nitrogen and oxygen atoms in total. The molecule has 122 valence electrons. The van der Waals surface area contributed by atoms with Crippen LogP contribution in [0.4, 0.5) is 5.69 Å². The molecule has 4 rings (SSSR count). The van der Waals surface area contributed by atoms with Crippen molar-refractivity contribution in [3.8, 4) is 0 Å². The summed E-state index contributed by atoms with van der Waals surface area (Å²) in [6.07, 6.45) is 5.26. The summed E-state index contributed by atoms with van der Waals surface area (Å²) in [4.78, 5) is 17.3. The first-order valence-electron chi connectivity index (χ1n) is 7.83. The number of aliphatic imine (C=N–C) groups is 1. The maximum Gasteiger partial charge on any atom is 0.190 e. The molecule has 0 saturated heterocycles. The fraction of sp³-hybridized carbons (Fsp3) is 0.0476. The topological polar surface area (TPSA) is 38.7 Å². The lowest BCUT2D eigenvalue weighted by atomic mass is 9.82. The van der Waals surface area contributed by atoms with E-state index >= 15 is 0 Å². The highest BCUT2D eigenvalue weighted by atomic mass is 35.5. The van der Waals surface area contributed by atoms with Crippen LogP contribution in [0.25, 0.3) is 6.08 Å². The Morgan fingerprint density at radius 2 is 1.80 bits per heavy atom. The monoisotopic (exact) mass is 347 g/mol. The zero-order valence-corrected chi connectivity index (χ0v) is 14.2. The van der Waals surface area contributed by atoms with Gasteiger partial charge >= 0.3 is 0 Å². The molecule has 2 aromatic carbocycles. The average molecular weight is 348 g/mol. The van der Waals surface area contributed by atoms with E-state index in [1.54, 1.807) is 19.2 Å². The van der Waals surface area contributed by atoms with Gasteiger partial charge in [0.25, 0.3) is 0 Å². The van der Waals surface area contributed by atoms with Gasteiger partial charge in [0.2, 0.25) is 0 Å². The predicted octanol–water partition coefficient (Wildman–Crippen LogP) is 4.90. The minimum Gasteiger partial charge on any atom is -0.497 e. The van der Waals surface area contributed by atoms with Crippen LogP contribution in [0.5, 0.6) is 0 Å². The van der Waals surface area contributed by atoms with Gasteiger partial charge in [-0.05, 0) is 35.9 Å². The Kier molecular flexibility index (Phi) is 3.86. The van der Waals surface area contributed by atoms with Crippen molar-refractivity contribution < 1.29 is 9.53 Å². The van der Waals surface area contributed by atoms with Crippen molar-refractivity contribution in [2.24, 2.45) is 4.99 Å². The van der Waals surface area contributed by atoms with Gasteiger partial charge in [0, 0.05) is 27.8 Å². The normalized spacial score (nSPS) is 17.3. The van der Waals surface area contributed by atoms with Gasteiger partial charge in [-0.25, -0.2) is 4.99 Å². The van der Waals surface area contributed by atoms with Crippen LogP contribution >= 0.6 is 11.6 Å². The molecule has 0 radical (unpaired) electrons. The molecule has 0 spiro atoms. The second kappa shape index (κ2) is 6.19. The lowest BCUT2D eigenvalue weighted by Crippen LogP contribution is -2.20. The van der Waals surface area contributed by atoms with Gasteiger partial charge in [-0.2, -0.15) is 0 Å². The molecule has 2 aliphatic rings. The Morgan fingerprint density at radius 3 is 2.60 bits per heavy atom. The Balaban J connectivity index is 1.96. The van der Waals surface area contributed by atoms with E-state index in [-0.39, 0.29) is 5.78 Å². The first kappa shape index (κ1) is 15.6. The molecule has 2 aromatic rings. The van der Waals surface area contributed by atoms with Crippen LogP contribution in [-0.4, -0.2) is 18.6 Å². The summed E-state index contributed by atoms with van der Waals surface area (Å²) in [6.45, 7) is 0. The van der Waals surface area contributed by atoms with Crippen LogP contribution in [0.3, 0.4) is 0 Å². The van der Waals surface area contributed by atoms with E-state index in [1.807, 2.05) is 48.6 Å². The highest BCUT2D eigenvalue weighted by Gasteiger charge is 2.28. The van der Waals surface area contributed by atoms with Crippen molar-refractivity contribution in [2.75, 3.05) is 7.11 Å². The van der Waals surface area contributed by atoms with Gasteiger partial charge in [0.15, 0.2) is 5.78 Å². The maximum absolute atomic E-state index is 12.5. The first-order chi connectivity index (χ1) is 12.2. The summed E-state index contributed by atoms with van der Waals surface area (Å²) >= 11 is 6.09. The number of ketones is 1. The minimum absolute atomic E-state index is 0.0809. The molecule has 0 atom stereocenters. The van der Waals surface area contributed by atoms with Crippen LogP contribution in [0.15, 0.2) is 82.6 Å². The minimum atomic E-state index is -0.0809. The number of hydrogen-bond donors (Lipinski definition) is 0. The van der Waals surface area contributed by atoms with Gasteiger partial charge in [-0.3, -0.25) is 4.79 Å². The number of halogens is 1. The second-order valence-electron chi connectivity index (χ2n) is 5.76. The summed E-state index contributed by atoms with van der Waals surface area (Å²) in [6, 6.07) is 15.2. The van der Waals surface area contributed by atoms with Crippen molar-refractivity contribution >= 4 is 34.9 Å². The molecule has 0 aliphatic heterocycles. The molecule has 0 saturated carbocycles. The van der Waals surface area contributed by atoms with Crippen molar-refractivity contribution in [1.29, 1.82) is 0 Å². The van der Waals surface area contributed by atoms with E-state index in [0.717, 1.165) is 28.1 Å². The molecule has 0 bridgehead atoms. The molecule has 2 aliphatic carbocycles. The molecule has 0 N–H and O–H groups in total. The lowest BCUT2D eigenvalue weighted by molar-refractivity contribution is -0.111. The molecular weight excluding hydrogens is 334 g/mol. The Labute approximate surface area is 150 Å². The molecule has 0 unspecified atom stereocenters. The van der Waals surface area contributed by atoms with Crippen LogP contribution in [0.2, 0.25) is 5.02 Å². The number of allylic oxidation sites excluding steroid dienone is 4. The van der Waals surface area contributed by atoms with E-state index in [2.05, 4.69) is 0 Å². The van der Waals surface area contributed by atoms with Crippen LogP contribution in [-0.2, 0) is 9.53 Å². The summed E-state index contributed by atoms with van der Waals surface area (Å²) in [5, 5.41) is 0.618. The first-order valence-corrected chi connectivity index (χ1v) is 8.21. The number of fused-ring (bicyclic) bond motifs is 2. The Bertz CT molecular complexity index is 1010. The maximum atomic E-state index is 12.5. The van der Waals surface area contributed by atoms with Gasteiger partial charge in [-0.1, -0.05) is 41.9 Å². The van der Waals surface area contributed by atoms with E-state index in [0.29, 0.717) is 16.4 Å². The average Bonchev–Trinajstić information content (AvgIpc) is 2.62. The van der Waals surface area contributed by atoms with Crippen molar-refractivity contribution in [3.05, 3.63) is 93.7 Å². The van der Waals surface area contributed by atoms with E-state index in [1.165, 1.54) is 6.08 Å². The molecule has 0 amide bonds. The van der Waals surface area contributed by atoms with E-state index in [9.17, 15) is 4.79 Å². The highest BCUT2D eigenvalue weighted by Crippen LogP contribution is 2.34. The van der Waals surface area contributed by atoms with E-state index < -0.39 is 0 Å². The van der Waals surface area contributed by atoms with E-state index in [4.69, 9.17) is 21.3 Å². The summed E-state index contributed by atoms with van der Waals surface area (Å²) in [5.41, 5.74) is 4.82. The fourth-order valence-electron chi connectivity index (χ4n) is 3.00. The van der Waals surface area contributed by atoms with Gasteiger partial charge in [0.1, 0.15) is 5.76 Å². The SMILES string of the molecule is COC1=CC(=O)C2=Cc3ccccc3C(=Nc3cccc(Cl)c3)C2=C1. The third-order valence-electron chi connectivity index (χ3n) is 4.17. The number of methoxy groups -OCH3 is 1. The van der Waals surface area contributed by atoms with Gasteiger partial charge in [0.05, 0.1) is 18.5 Å². The predicted molar refractivity (Wildman–Crippen MR) is 100 cm³/mol. The standard InChI is InChI=1S/C21H14ClNO2/c1-25-16-11-19-18(20(24)12-16)9-13-5-2-3-8-17(13)21(19)23-15-7-4-6-14(22)10-15/h2-12H,1H3. The number of nitrogens with zero attached hydrogens (tertiary/aromatic N) is 1. The lowest BCUT2D eigenvalue weighted by Gasteiger charge is -2.23. The molecule has 0 aromatic heterocycles. The van der Waals surface area contributed by atoms with Gasteiger partial charge in [-0.15, -0.1) is 0 Å². The smallest absolute Gasteiger partial charge is 0.190 e. The number of ether oxygens (including phenoxy) is 1. The zero-order chi connectivity index (χ0) is 17.4. The number of benzene rings is 2.